The van der Waals surface area contributed by atoms with Crippen LogP contribution in [0.25, 0.3) is 0 Å². The first-order chi connectivity index (χ1) is 14.7. The molecule has 0 amide bonds. The Balaban J connectivity index is 2.55. The number of hydrogen-bond acceptors (Lipinski definition) is 2. The Bertz CT molecular complexity index is 511. The van der Waals surface area contributed by atoms with Gasteiger partial charge in [0.25, 0.3) is 0 Å². The molecule has 0 spiro atoms. The summed E-state index contributed by atoms with van der Waals surface area (Å²) in [6, 6.07) is 10.3. The Morgan fingerprint density at radius 1 is 0.667 bits per heavy atom. The standard InChI is InChI=1S/C28H48O2/c1-4-7-9-11-12-14-17-24-26(23-16-13-10-8-5-2)28(29)30-27(20-6-3)25-21-18-15-19-22-25/h15,18-19,21-22,26-27H,4-14,16-17,20,23-24H2,1-3H3. The fourth-order valence-electron chi connectivity index (χ4n) is 4.18. The molecule has 0 aliphatic carbocycles. The lowest BCUT2D eigenvalue weighted by Crippen LogP contribution is -2.21. The van der Waals surface area contributed by atoms with E-state index in [0.717, 1.165) is 44.1 Å². The van der Waals surface area contributed by atoms with Crippen LogP contribution in [-0.4, -0.2) is 5.97 Å². The number of benzene rings is 1. The van der Waals surface area contributed by atoms with Gasteiger partial charge in [0.2, 0.25) is 0 Å². The van der Waals surface area contributed by atoms with E-state index >= 15 is 0 Å². The van der Waals surface area contributed by atoms with Crippen LogP contribution < -0.4 is 0 Å². The quantitative estimate of drug-likeness (QED) is 0.166. The Morgan fingerprint density at radius 2 is 1.17 bits per heavy atom. The minimum Gasteiger partial charge on any atom is -0.457 e. The van der Waals surface area contributed by atoms with Crippen molar-refractivity contribution in [3.8, 4) is 0 Å². The molecule has 0 radical (unpaired) electrons. The van der Waals surface area contributed by atoms with Gasteiger partial charge in [0.05, 0.1) is 5.92 Å². The summed E-state index contributed by atoms with van der Waals surface area (Å²) in [5.74, 6) is 0.115. The van der Waals surface area contributed by atoms with Crippen molar-refractivity contribution >= 4 is 5.97 Å². The van der Waals surface area contributed by atoms with E-state index in [1.165, 1.54) is 64.2 Å². The molecule has 2 unspecified atom stereocenters. The molecule has 0 bridgehead atoms. The fraction of sp³-hybridized carbons (Fsp3) is 0.750. The number of unbranched alkanes of at least 4 members (excludes halogenated alkanes) is 10. The molecule has 30 heavy (non-hydrogen) atoms. The summed E-state index contributed by atoms with van der Waals surface area (Å²) in [7, 11) is 0. The predicted octanol–water partition coefficient (Wildman–Crippen LogP) is 9.19. The summed E-state index contributed by atoms with van der Waals surface area (Å²) >= 11 is 0. The van der Waals surface area contributed by atoms with Gasteiger partial charge >= 0.3 is 5.97 Å². The normalized spacial score (nSPS) is 13.2. The summed E-state index contributed by atoms with van der Waals surface area (Å²) in [6.45, 7) is 6.67. The highest BCUT2D eigenvalue weighted by Crippen LogP contribution is 2.27. The van der Waals surface area contributed by atoms with Crippen LogP contribution >= 0.6 is 0 Å². The second kappa shape index (κ2) is 18.5. The van der Waals surface area contributed by atoms with E-state index in [1.54, 1.807) is 0 Å². The molecule has 172 valence electrons. The molecule has 0 N–H and O–H groups in total. The van der Waals surface area contributed by atoms with Gasteiger partial charge in [0, 0.05) is 0 Å². The van der Waals surface area contributed by atoms with E-state index in [2.05, 4.69) is 32.9 Å². The number of hydrogen-bond donors (Lipinski definition) is 0. The molecule has 0 aliphatic heterocycles. The highest BCUT2D eigenvalue weighted by atomic mass is 16.5. The Hall–Kier alpha value is -1.31. The summed E-state index contributed by atoms with van der Waals surface area (Å²) in [5.41, 5.74) is 1.13. The third-order valence-corrected chi connectivity index (χ3v) is 6.13. The van der Waals surface area contributed by atoms with Gasteiger partial charge in [-0.3, -0.25) is 4.79 Å². The van der Waals surface area contributed by atoms with Crippen LogP contribution in [0.15, 0.2) is 30.3 Å². The van der Waals surface area contributed by atoms with E-state index in [0.29, 0.717) is 0 Å². The van der Waals surface area contributed by atoms with Crippen LogP contribution in [0.5, 0.6) is 0 Å². The third-order valence-electron chi connectivity index (χ3n) is 6.13. The highest BCUT2D eigenvalue weighted by Gasteiger charge is 2.23. The van der Waals surface area contributed by atoms with Gasteiger partial charge < -0.3 is 4.74 Å². The van der Waals surface area contributed by atoms with Gasteiger partial charge in [-0.25, -0.2) is 0 Å². The van der Waals surface area contributed by atoms with Crippen molar-refractivity contribution in [2.24, 2.45) is 5.92 Å². The molecule has 1 aromatic carbocycles. The molecule has 0 heterocycles. The molecule has 0 saturated heterocycles. The maximum atomic E-state index is 13.1. The molecular weight excluding hydrogens is 368 g/mol. The number of carbonyl (C=O) groups is 1. The van der Waals surface area contributed by atoms with Gasteiger partial charge in [-0.15, -0.1) is 0 Å². The van der Waals surface area contributed by atoms with Crippen LogP contribution in [-0.2, 0) is 9.53 Å². The predicted molar refractivity (Wildman–Crippen MR) is 130 cm³/mol. The number of carbonyl (C=O) groups excluding carboxylic acids is 1. The molecule has 0 saturated carbocycles. The first kappa shape index (κ1) is 26.7. The second-order valence-corrected chi connectivity index (χ2v) is 8.93. The summed E-state index contributed by atoms with van der Waals surface area (Å²) in [4.78, 5) is 13.1. The number of ether oxygens (including phenoxy) is 1. The van der Waals surface area contributed by atoms with Crippen molar-refractivity contribution in [2.45, 2.75) is 130 Å². The molecule has 0 aromatic heterocycles. The number of esters is 1. The monoisotopic (exact) mass is 416 g/mol. The molecule has 0 fully saturated rings. The van der Waals surface area contributed by atoms with Crippen LogP contribution in [0.2, 0.25) is 0 Å². The smallest absolute Gasteiger partial charge is 0.309 e. The van der Waals surface area contributed by atoms with Gasteiger partial charge in [0.15, 0.2) is 0 Å². The van der Waals surface area contributed by atoms with Crippen LogP contribution in [0.4, 0.5) is 0 Å². The van der Waals surface area contributed by atoms with E-state index in [4.69, 9.17) is 4.74 Å². The lowest BCUT2D eigenvalue weighted by atomic mass is 9.94. The zero-order valence-electron chi connectivity index (χ0n) is 20.2. The average Bonchev–Trinajstić information content (AvgIpc) is 2.77. The van der Waals surface area contributed by atoms with E-state index < -0.39 is 0 Å². The van der Waals surface area contributed by atoms with Crippen LogP contribution in [0.3, 0.4) is 0 Å². The molecule has 2 heteroatoms. The molecule has 1 aromatic rings. The Kier molecular flexibility index (Phi) is 16.4. The summed E-state index contributed by atoms with van der Waals surface area (Å²) in [6.07, 6.45) is 19.1. The van der Waals surface area contributed by atoms with Gasteiger partial charge in [-0.05, 0) is 24.8 Å². The van der Waals surface area contributed by atoms with Crippen LogP contribution in [0, 0.1) is 5.92 Å². The summed E-state index contributed by atoms with van der Waals surface area (Å²) in [5, 5.41) is 0. The lowest BCUT2D eigenvalue weighted by Gasteiger charge is -2.22. The van der Waals surface area contributed by atoms with Gasteiger partial charge in [-0.2, -0.15) is 0 Å². The van der Waals surface area contributed by atoms with Crippen molar-refractivity contribution < 1.29 is 9.53 Å². The van der Waals surface area contributed by atoms with E-state index in [-0.39, 0.29) is 18.0 Å². The minimum atomic E-state index is -0.0969. The van der Waals surface area contributed by atoms with Gasteiger partial charge in [-0.1, -0.05) is 135 Å². The minimum absolute atomic E-state index is 0.0405. The topological polar surface area (TPSA) is 26.3 Å². The zero-order valence-corrected chi connectivity index (χ0v) is 20.2. The SMILES string of the molecule is CCCCCCCCCC(CCCCCCC)C(=O)OC(CCC)c1ccccc1. The molecule has 1 rings (SSSR count). The van der Waals surface area contributed by atoms with E-state index in [9.17, 15) is 4.79 Å². The lowest BCUT2D eigenvalue weighted by molar-refractivity contribution is -0.155. The fourth-order valence-corrected chi connectivity index (χ4v) is 4.18. The first-order valence-corrected chi connectivity index (χ1v) is 13.0. The summed E-state index contributed by atoms with van der Waals surface area (Å²) < 4.78 is 6.09. The molecule has 2 atom stereocenters. The van der Waals surface area contributed by atoms with Crippen molar-refractivity contribution in [1.82, 2.24) is 0 Å². The first-order valence-electron chi connectivity index (χ1n) is 13.0. The number of rotatable bonds is 19. The Morgan fingerprint density at radius 3 is 1.67 bits per heavy atom. The Labute approximate surface area is 187 Å². The van der Waals surface area contributed by atoms with Crippen LogP contribution in [0.1, 0.15) is 135 Å². The average molecular weight is 417 g/mol. The maximum Gasteiger partial charge on any atom is 0.309 e. The van der Waals surface area contributed by atoms with Gasteiger partial charge in [0.1, 0.15) is 6.10 Å². The highest BCUT2D eigenvalue weighted by molar-refractivity contribution is 5.72. The maximum absolute atomic E-state index is 13.1. The molecule has 0 aliphatic rings. The largest absolute Gasteiger partial charge is 0.457 e. The molecule has 2 nitrogen and oxygen atoms in total. The zero-order chi connectivity index (χ0) is 21.9. The van der Waals surface area contributed by atoms with Crippen molar-refractivity contribution in [3.05, 3.63) is 35.9 Å². The third kappa shape index (κ3) is 12.4. The van der Waals surface area contributed by atoms with Crippen molar-refractivity contribution in [1.29, 1.82) is 0 Å². The molecular formula is C28H48O2. The van der Waals surface area contributed by atoms with Crippen molar-refractivity contribution in [3.63, 3.8) is 0 Å². The van der Waals surface area contributed by atoms with Crippen molar-refractivity contribution in [2.75, 3.05) is 0 Å². The second-order valence-electron chi connectivity index (χ2n) is 8.93. The van der Waals surface area contributed by atoms with E-state index in [1.807, 2.05) is 18.2 Å².